The van der Waals surface area contributed by atoms with Crippen LogP contribution in [0.4, 0.5) is 5.69 Å². The summed E-state index contributed by atoms with van der Waals surface area (Å²) in [7, 11) is 0. The summed E-state index contributed by atoms with van der Waals surface area (Å²) in [6.07, 6.45) is 3.92. The molecule has 0 N–H and O–H groups in total. The van der Waals surface area contributed by atoms with Crippen LogP contribution in [-0.4, -0.2) is 24.7 Å². The van der Waals surface area contributed by atoms with Crippen LogP contribution in [0.1, 0.15) is 6.92 Å². The van der Waals surface area contributed by atoms with Crippen LogP contribution >= 0.6 is 0 Å². The van der Waals surface area contributed by atoms with Gasteiger partial charge in [0.2, 0.25) is 5.88 Å². The van der Waals surface area contributed by atoms with Gasteiger partial charge >= 0.3 is 11.7 Å². The van der Waals surface area contributed by atoms with E-state index in [-0.39, 0.29) is 11.7 Å². The molecule has 0 saturated carbocycles. The lowest BCUT2D eigenvalue weighted by molar-refractivity contribution is -0.385. The second kappa shape index (κ2) is 4.56. The Morgan fingerprint density at radius 1 is 1.47 bits per heavy atom. The third kappa shape index (κ3) is 2.54. The minimum atomic E-state index is -0.574. The monoisotopic (exact) mass is 235 g/mol. The number of hydrogen-bond acceptors (Lipinski definition) is 6. The van der Waals surface area contributed by atoms with Crippen molar-refractivity contribution in [2.75, 3.05) is 0 Å². The van der Waals surface area contributed by atoms with Crippen molar-refractivity contribution in [2.24, 2.45) is 0 Å². The van der Waals surface area contributed by atoms with E-state index in [4.69, 9.17) is 4.74 Å². The molecule has 0 aromatic carbocycles. The highest BCUT2D eigenvalue weighted by Crippen LogP contribution is 2.16. The van der Waals surface area contributed by atoms with Gasteiger partial charge < -0.3 is 4.74 Å². The molecule has 0 bridgehead atoms. The van der Waals surface area contributed by atoms with E-state index in [2.05, 4.69) is 15.1 Å². The van der Waals surface area contributed by atoms with Gasteiger partial charge in [-0.25, -0.2) is 0 Å². The van der Waals surface area contributed by atoms with Crippen molar-refractivity contribution in [3.05, 3.63) is 34.8 Å². The van der Waals surface area contributed by atoms with Gasteiger partial charge in [-0.05, 0) is 6.92 Å². The molecule has 0 aliphatic carbocycles. The van der Waals surface area contributed by atoms with Crippen molar-refractivity contribution < 1.29 is 9.66 Å². The predicted molar refractivity (Wildman–Crippen MR) is 56.7 cm³/mol. The van der Waals surface area contributed by atoms with Crippen LogP contribution in [0.2, 0.25) is 0 Å². The van der Waals surface area contributed by atoms with Gasteiger partial charge in [0.15, 0.2) is 0 Å². The zero-order chi connectivity index (χ0) is 12.3. The Labute approximate surface area is 96.0 Å². The first-order valence-corrected chi connectivity index (χ1v) is 4.87. The van der Waals surface area contributed by atoms with E-state index in [0.717, 1.165) is 18.9 Å². The molecule has 0 aliphatic rings. The van der Waals surface area contributed by atoms with Crippen LogP contribution in [-0.2, 0) is 6.54 Å². The summed E-state index contributed by atoms with van der Waals surface area (Å²) in [6.45, 7) is 2.67. The highest BCUT2D eigenvalue weighted by Gasteiger charge is 2.08. The highest BCUT2D eigenvalue weighted by atomic mass is 16.6. The van der Waals surface area contributed by atoms with E-state index >= 15 is 0 Å². The minimum absolute atomic E-state index is 0.0250. The van der Waals surface area contributed by atoms with Gasteiger partial charge in [0, 0.05) is 18.8 Å². The average Bonchev–Trinajstić information content (AvgIpc) is 2.77. The second-order valence-electron chi connectivity index (χ2n) is 3.09. The topological polar surface area (TPSA) is 96.0 Å². The van der Waals surface area contributed by atoms with Crippen LogP contribution in [0.25, 0.3) is 0 Å². The fraction of sp³-hybridized carbons (Fsp3) is 0.222. The Kier molecular flexibility index (Phi) is 2.95. The standard InChI is InChI=1S/C9H9N5O3/c1-2-13-4-3-8(12-13)17-9-10-5-7(6-11-9)14(15)16/h3-6H,2H2,1H3. The molecule has 0 unspecified atom stereocenters. The van der Waals surface area contributed by atoms with Gasteiger partial charge in [-0.2, -0.15) is 9.97 Å². The van der Waals surface area contributed by atoms with Crippen molar-refractivity contribution in [1.82, 2.24) is 19.7 Å². The van der Waals surface area contributed by atoms with E-state index in [1.54, 1.807) is 16.9 Å². The maximum Gasteiger partial charge on any atom is 0.323 e. The summed E-state index contributed by atoms with van der Waals surface area (Å²) in [4.78, 5) is 17.2. The third-order valence-electron chi connectivity index (χ3n) is 1.96. The van der Waals surface area contributed by atoms with Crippen LogP contribution in [0.3, 0.4) is 0 Å². The van der Waals surface area contributed by atoms with Crippen LogP contribution in [0.15, 0.2) is 24.7 Å². The Bertz CT molecular complexity index is 522. The minimum Gasteiger partial charge on any atom is -0.404 e. The van der Waals surface area contributed by atoms with E-state index in [1.807, 2.05) is 6.92 Å². The second-order valence-corrected chi connectivity index (χ2v) is 3.09. The molecule has 2 aromatic heterocycles. The van der Waals surface area contributed by atoms with Gasteiger partial charge in [-0.1, -0.05) is 0 Å². The summed E-state index contributed by atoms with van der Waals surface area (Å²) in [5.41, 5.74) is -0.184. The molecule has 8 heteroatoms. The van der Waals surface area contributed by atoms with Crippen LogP contribution < -0.4 is 4.74 Å². The lowest BCUT2D eigenvalue weighted by Gasteiger charge is -1.98. The molecular weight excluding hydrogens is 226 g/mol. The fourth-order valence-electron chi connectivity index (χ4n) is 1.12. The molecule has 2 heterocycles. The summed E-state index contributed by atoms with van der Waals surface area (Å²) in [5.74, 6) is 0.348. The molecule has 2 aromatic rings. The van der Waals surface area contributed by atoms with Crippen LogP contribution in [0, 0.1) is 10.1 Å². The first kappa shape index (κ1) is 11.0. The smallest absolute Gasteiger partial charge is 0.323 e. The van der Waals surface area contributed by atoms with E-state index in [0.29, 0.717) is 5.88 Å². The Balaban J connectivity index is 2.10. The third-order valence-corrected chi connectivity index (χ3v) is 1.96. The average molecular weight is 235 g/mol. The maximum absolute atomic E-state index is 10.4. The number of rotatable bonds is 4. The molecule has 17 heavy (non-hydrogen) atoms. The van der Waals surface area contributed by atoms with E-state index < -0.39 is 4.92 Å². The van der Waals surface area contributed by atoms with Gasteiger partial charge in [0.25, 0.3) is 0 Å². The van der Waals surface area contributed by atoms with Gasteiger partial charge in [0.05, 0.1) is 4.92 Å². The summed E-state index contributed by atoms with van der Waals surface area (Å²) in [6, 6.07) is 1.69. The number of hydrogen-bond donors (Lipinski definition) is 0. The molecule has 0 amide bonds. The van der Waals surface area contributed by atoms with Crippen molar-refractivity contribution in [3.63, 3.8) is 0 Å². The van der Waals surface area contributed by atoms with Crippen LogP contribution in [0.5, 0.6) is 11.9 Å². The molecule has 0 fully saturated rings. The van der Waals surface area contributed by atoms with Crippen molar-refractivity contribution in [3.8, 4) is 11.9 Å². The highest BCUT2D eigenvalue weighted by molar-refractivity contribution is 5.23. The summed E-state index contributed by atoms with van der Waals surface area (Å²) < 4.78 is 6.90. The predicted octanol–water partition coefficient (Wildman–Crippen LogP) is 1.39. The summed E-state index contributed by atoms with van der Waals surface area (Å²) in [5, 5.41) is 14.4. The lowest BCUT2D eigenvalue weighted by atomic mass is 10.6. The largest absolute Gasteiger partial charge is 0.404 e. The number of aromatic nitrogens is 4. The molecule has 0 aliphatic heterocycles. The molecule has 0 atom stereocenters. The molecule has 8 nitrogen and oxygen atoms in total. The Morgan fingerprint density at radius 2 is 2.18 bits per heavy atom. The van der Waals surface area contributed by atoms with E-state index in [1.165, 1.54) is 0 Å². The number of aryl methyl sites for hydroxylation is 1. The maximum atomic E-state index is 10.4. The quantitative estimate of drug-likeness (QED) is 0.586. The zero-order valence-electron chi connectivity index (χ0n) is 8.98. The van der Waals surface area contributed by atoms with Crippen molar-refractivity contribution in [2.45, 2.75) is 13.5 Å². The normalized spacial score (nSPS) is 10.2. The lowest BCUT2D eigenvalue weighted by Crippen LogP contribution is -1.97. The van der Waals surface area contributed by atoms with Gasteiger partial charge in [-0.3, -0.25) is 14.8 Å². The van der Waals surface area contributed by atoms with Crippen molar-refractivity contribution >= 4 is 5.69 Å². The molecule has 2 rings (SSSR count). The fourth-order valence-corrected chi connectivity index (χ4v) is 1.12. The molecule has 88 valence electrons. The van der Waals surface area contributed by atoms with Gasteiger partial charge in [0.1, 0.15) is 12.4 Å². The Hall–Kier alpha value is -2.51. The Morgan fingerprint density at radius 3 is 2.71 bits per heavy atom. The molecular formula is C9H9N5O3. The molecule has 0 radical (unpaired) electrons. The summed E-state index contributed by atoms with van der Waals surface area (Å²) >= 11 is 0. The molecule has 0 saturated heterocycles. The number of ether oxygens (including phenoxy) is 1. The van der Waals surface area contributed by atoms with Gasteiger partial charge in [-0.15, -0.1) is 5.10 Å². The first-order valence-electron chi connectivity index (χ1n) is 4.87. The van der Waals surface area contributed by atoms with Crippen molar-refractivity contribution in [1.29, 1.82) is 0 Å². The number of nitrogens with zero attached hydrogens (tertiary/aromatic N) is 5. The first-order chi connectivity index (χ1) is 8.19. The molecule has 0 spiro atoms. The number of nitro groups is 1. The zero-order valence-corrected chi connectivity index (χ0v) is 8.98. The SMILES string of the molecule is CCn1ccc(Oc2ncc([N+](=O)[O-])cn2)n1. The van der Waals surface area contributed by atoms with E-state index in [9.17, 15) is 10.1 Å².